The second kappa shape index (κ2) is 8.33. The second-order valence-electron chi connectivity index (χ2n) is 6.95. The molecule has 0 saturated carbocycles. The van der Waals surface area contributed by atoms with Crippen LogP contribution >= 0.6 is 0 Å². The molecule has 2 unspecified atom stereocenters. The molecular formula is C21H24N2O4. The van der Waals surface area contributed by atoms with Crippen molar-refractivity contribution in [3.8, 4) is 11.1 Å². The minimum atomic E-state index is -0.933. The van der Waals surface area contributed by atoms with Crippen LogP contribution in [-0.4, -0.2) is 47.2 Å². The maximum atomic E-state index is 11.2. The highest BCUT2D eigenvalue weighted by Gasteiger charge is 2.25. The first kappa shape index (κ1) is 19.1. The Hall–Kier alpha value is -2.70. The molecule has 0 aliphatic heterocycles. The van der Waals surface area contributed by atoms with Crippen molar-refractivity contribution in [2.45, 2.75) is 26.0 Å². The predicted molar refractivity (Wildman–Crippen MR) is 104 cm³/mol. The van der Waals surface area contributed by atoms with Gasteiger partial charge in [0.1, 0.15) is 24.5 Å². The zero-order chi connectivity index (χ0) is 19.4. The van der Waals surface area contributed by atoms with Crippen molar-refractivity contribution < 1.29 is 19.8 Å². The lowest BCUT2D eigenvalue weighted by molar-refractivity contribution is -0.140. The molecule has 1 aliphatic rings. The summed E-state index contributed by atoms with van der Waals surface area (Å²) in [6.07, 6.45) is -0.859. The van der Waals surface area contributed by atoms with Gasteiger partial charge in [-0.05, 0) is 17.0 Å². The summed E-state index contributed by atoms with van der Waals surface area (Å²) < 4.78 is 0. The fourth-order valence-corrected chi connectivity index (χ4v) is 3.21. The van der Waals surface area contributed by atoms with E-state index in [4.69, 9.17) is 9.94 Å². The largest absolute Gasteiger partial charge is 0.480 e. The molecule has 0 aromatic heterocycles. The van der Waals surface area contributed by atoms with Gasteiger partial charge in [-0.2, -0.15) is 0 Å². The van der Waals surface area contributed by atoms with Gasteiger partial charge in [0, 0.05) is 17.7 Å². The van der Waals surface area contributed by atoms with Crippen molar-refractivity contribution in [3.63, 3.8) is 0 Å². The minimum absolute atomic E-state index is 0.0226. The Balaban J connectivity index is 1.64. The van der Waals surface area contributed by atoms with E-state index in [1.165, 1.54) is 0 Å². The molecule has 0 fully saturated rings. The van der Waals surface area contributed by atoms with Crippen molar-refractivity contribution in [2.24, 2.45) is 11.1 Å². The molecule has 0 bridgehead atoms. The maximum absolute atomic E-state index is 11.2. The van der Waals surface area contributed by atoms with Crippen LogP contribution in [0.2, 0.25) is 0 Å². The summed E-state index contributed by atoms with van der Waals surface area (Å²) in [6, 6.07) is 15.3. The number of aliphatic carboxylic acids is 1. The smallest absolute Gasteiger partial charge is 0.320 e. The summed E-state index contributed by atoms with van der Waals surface area (Å²) in [5.41, 5.74) is 4.96. The third-order valence-corrected chi connectivity index (χ3v) is 4.58. The number of nitrogens with one attached hydrogen (secondary N) is 1. The lowest BCUT2D eigenvalue weighted by atomic mass is 10.0. The number of fused-ring (bicyclic) bond motifs is 3. The first-order chi connectivity index (χ1) is 13.0. The monoisotopic (exact) mass is 368 g/mol. The topological polar surface area (TPSA) is 91.1 Å². The van der Waals surface area contributed by atoms with Gasteiger partial charge in [0.05, 0.1) is 0 Å². The number of hydrogen-bond acceptors (Lipinski definition) is 5. The average molecular weight is 368 g/mol. The zero-order valence-corrected chi connectivity index (χ0v) is 15.4. The molecular weight excluding hydrogens is 344 g/mol. The van der Waals surface area contributed by atoms with Crippen LogP contribution < -0.4 is 5.32 Å². The Kier molecular flexibility index (Phi) is 5.88. The van der Waals surface area contributed by atoms with Crippen LogP contribution in [0.25, 0.3) is 11.1 Å². The molecule has 0 radical (unpaired) electrons. The highest BCUT2D eigenvalue weighted by Crippen LogP contribution is 2.36. The van der Waals surface area contributed by atoms with E-state index in [9.17, 15) is 9.90 Å². The van der Waals surface area contributed by atoms with Crippen molar-refractivity contribution in [3.05, 3.63) is 59.7 Å². The van der Waals surface area contributed by atoms with Gasteiger partial charge in [-0.25, -0.2) is 0 Å². The maximum Gasteiger partial charge on any atom is 0.320 e. The van der Waals surface area contributed by atoms with Crippen LogP contribution in [0.5, 0.6) is 0 Å². The number of oxime groups is 1. The Morgan fingerprint density at radius 1 is 1.04 bits per heavy atom. The number of aliphatic hydroxyl groups excluding tert-OH is 1. The molecule has 6 nitrogen and oxygen atoms in total. The second-order valence-corrected chi connectivity index (χ2v) is 6.95. The normalized spacial score (nSPS) is 14.4. The van der Waals surface area contributed by atoms with Crippen molar-refractivity contribution in [1.82, 2.24) is 5.32 Å². The van der Waals surface area contributed by atoms with Crippen LogP contribution in [-0.2, 0) is 9.63 Å². The molecule has 3 rings (SSSR count). The van der Waals surface area contributed by atoms with Gasteiger partial charge in [-0.15, -0.1) is 0 Å². The van der Waals surface area contributed by atoms with Gasteiger partial charge in [-0.1, -0.05) is 67.5 Å². The number of carboxylic acids is 1. The summed E-state index contributed by atoms with van der Waals surface area (Å²) in [6.45, 7) is 3.73. The first-order valence-electron chi connectivity index (χ1n) is 9.02. The highest BCUT2D eigenvalue weighted by atomic mass is 16.6. The number of aliphatic hydroxyl groups is 1. The van der Waals surface area contributed by atoms with E-state index in [2.05, 4.69) is 10.5 Å². The molecule has 2 aromatic rings. The summed E-state index contributed by atoms with van der Waals surface area (Å²) >= 11 is 0. The van der Waals surface area contributed by atoms with E-state index in [-0.39, 0.29) is 19.1 Å². The van der Waals surface area contributed by atoms with Crippen molar-refractivity contribution >= 4 is 11.7 Å². The molecule has 27 heavy (non-hydrogen) atoms. The quantitative estimate of drug-likeness (QED) is 0.532. The van der Waals surface area contributed by atoms with Crippen molar-refractivity contribution in [2.75, 3.05) is 13.2 Å². The minimum Gasteiger partial charge on any atom is -0.480 e. The molecule has 0 saturated heterocycles. The fourth-order valence-electron chi connectivity index (χ4n) is 3.21. The van der Waals surface area contributed by atoms with Crippen molar-refractivity contribution in [1.29, 1.82) is 0 Å². The summed E-state index contributed by atoms with van der Waals surface area (Å²) in [7, 11) is 0. The molecule has 142 valence electrons. The molecule has 3 N–H and O–H groups in total. The van der Waals surface area contributed by atoms with Gasteiger partial charge in [0.25, 0.3) is 0 Å². The van der Waals surface area contributed by atoms with E-state index in [0.29, 0.717) is 0 Å². The standard InChI is InChI=1S/C21H24N2O4/c1-13(2)19(21(25)26)22-11-14(24)12-27-23-20-17-9-5-3-7-15(17)16-8-4-6-10-18(16)20/h3-10,13-14,19,22,24H,11-12H2,1-2H3,(H,25,26). The van der Waals surface area contributed by atoms with Gasteiger partial charge < -0.3 is 20.4 Å². The van der Waals surface area contributed by atoms with Gasteiger partial charge in [0.2, 0.25) is 0 Å². The van der Waals surface area contributed by atoms with Gasteiger partial charge in [0.15, 0.2) is 0 Å². The fraction of sp³-hybridized carbons (Fsp3) is 0.333. The molecule has 0 spiro atoms. The number of benzene rings is 2. The number of nitrogens with zero attached hydrogens (tertiary/aromatic N) is 1. The molecule has 2 aromatic carbocycles. The van der Waals surface area contributed by atoms with E-state index in [1.54, 1.807) is 0 Å². The van der Waals surface area contributed by atoms with Crippen LogP contribution in [0.4, 0.5) is 0 Å². The average Bonchev–Trinajstić information content (AvgIpc) is 2.96. The molecule has 0 heterocycles. The van der Waals surface area contributed by atoms with E-state index >= 15 is 0 Å². The summed E-state index contributed by atoms with van der Waals surface area (Å²) in [5.74, 6) is -1.01. The summed E-state index contributed by atoms with van der Waals surface area (Å²) in [4.78, 5) is 16.6. The Morgan fingerprint density at radius 3 is 2.04 bits per heavy atom. The number of carbonyl (C=O) groups is 1. The number of hydrogen-bond donors (Lipinski definition) is 3. The van der Waals surface area contributed by atoms with Crippen LogP contribution in [0, 0.1) is 5.92 Å². The SMILES string of the molecule is CC(C)C(NCC(O)CON=C1c2ccccc2-c2ccccc21)C(=O)O. The Bertz CT molecular complexity index is 800. The molecule has 2 atom stereocenters. The predicted octanol–water partition coefficient (Wildman–Crippen LogP) is 2.50. The number of rotatable bonds is 8. The molecule has 1 aliphatic carbocycles. The van der Waals surface area contributed by atoms with E-state index in [1.807, 2.05) is 62.4 Å². The van der Waals surface area contributed by atoms with E-state index < -0.39 is 18.1 Å². The third-order valence-electron chi connectivity index (χ3n) is 4.58. The molecule has 6 heteroatoms. The van der Waals surface area contributed by atoms with Crippen LogP contribution in [0.15, 0.2) is 53.7 Å². The number of carboxylic acid groups (broad SMARTS) is 1. The highest BCUT2D eigenvalue weighted by molar-refractivity contribution is 6.24. The molecule has 0 amide bonds. The van der Waals surface area contributed by atoms with Crippen LogP contribution in [0.1, 0.15) is 25.0 Å². The Labute approximate surface area is 158 Å². The zero-order valence-electron chi connectivity index (χ0n) is 15.4. The van der Waals surface area contributed by atoms with Crippen LogP contribution in [0.3, 0.4) is 0 Å². The lowest BCUT2D eigenvalue weighted by Crippen LogP contribution is -2.45. The van der Waals surface area contributed by atoms with Gasteiger partial charge in [-0.3, -0.25) is 4.79 Å². The summed E-state index contributed by atoms with van der Waals surface area (Å²) in [5, 5.41) is 26.3. The lowest BCUT2D eigenvalue weighted by Gasteiger charge is -2.19. The first-order valence-corrected chi connectivity index (χ1v) is 9.02. The third kappa shape index (κ3) is 4.18. The Morgan fingerprint density at radius 2 is 1.56 bits per heavy atom. The van der Waals surface area contributed by atoms with E-state index in [0.717, 1.165) is 28.0 Å². The van der Waals surface area contributed by atoms with Gasteiger partial charge >= 0.3 is 5.97 Å².